The minimum atomic E-state index is -0.0867. The number of hydrogen-bond donors (Lipinski definition) is 2. The molecule has 0 fully saturated rings. The Balaban J connectivity index is 0.00000420. The summed E-state index contributed by atoms with van der Waals surface area (Å²) in [5, 5.41) is 6.75. The zero-order valence-electron chi connectivity index (χ0n) is 22.6. The fraction of sp³-hybridized carbons (Fsp3) is 0.387. The Kier molecular flexibility index (Phi) is 10.5. The number of amides is 2. The first-order valence-corrected chi connectivity index (χ1v) is 13.3. The minimum absolute atomic E-state index is 0. The first-order valence-electron chi connectivity index (χ1n) is 13.3. The monoisotopic (exact) mass is 530 g/mol. The number of carbonyl (C=O) groups is 2. The number of nitrogens with two attached hydrogens (primary N) is 1. The van der Waals surface area contributed by atoms with Gasteiger partial charge in [-0.2, -0.15) is 0 Å². The molecule has 0 saturated heterocycles. The molecule has 0 bridgehead atoms. The summed E-state index contributed by atoms with van der Waals surface area (Å²) in [4.78, 5) is 32.4. The minimum Gasteiger partial charge on any atom is -0.384 e. The molecule has 0 aliphatic carbocycles. The Morgan fingerprint density at radius 2 is 1.69 bits per heavy atom. The van der Waals surface area contributed by atoms with Crippen molar-refractivity contribution in [1.29, 1.82) is 0 Å². The van der Waals surface area contributed by atoms with Crippen LogP contribution in [0.25, 0.3) is 11.1 Å². The number of pyridine rings is 1. The summed E-state index contributed by atoms with van der Waals surface area (Å²) in [7, 11) is 1.81. The SMILES string of the molecule is C.CCCCCNC(=O)CN(CC(=O)N(C)N1Cc2ccccc2C1)c1ccc(-c2ccc(N)nc2)cc1C. The van der Waals surface area contributed by atoms with Crippen molar-refractivity contribution in [3.05, 3.63) is 77.5 Å². The quantitative estimate of drug-likeness (QED) is 0.347. The average Bonchev–Trinajstić information content (AvgIpc) is 3.35. The zero-order chi connectivity index (χ0) is 27.1. The topological polar surface area (TPSA) is 94.8 Å². The third kappa shape index (κ3) is 7.57. The van der Waals surface area contributed by atoms with Gasteiger partial charge in [0.1, 0.15) is 5.82 Å². The highest BCUT2D eigenvalue weighted by atomic mass is 16.2. The van der Waals surface area contributed by atoms with E-state index >= 15 is 0 Å². The summed E-state index contributed by atoms with van der Waals surface area (Å²) in [5.74, 6) is 0.320. The Bertz CT molecular complexity index is 1240. The van der Waals surface area contributed by atoms with E-state index in [0.717, 1.165) is 41.6 Å². The summed E-state index contributed by atoms with van der Waals surface area (Å²) in [6.45, 7) is 6.37. The summed E-state index contributed by atoms with van der Waals surface area (Å²) in [6.07, 6.45) is 4.87. The summed E-state index contributed by atoms with van der Waals surface area (Å²) >= 11 is 0. The highest BCUT2D eigenvalue weighted by molar-refractivity contribution is 5.87. The van der Waals surface area contributed by atoms with Gasteiger partial charge in [-0.05, 0) is 59.9 Å². The van der Waals surface area contributed by atoms with Crippen molar-refractivity contribution in [2.24, 2.45) is 0 Å². The molecule has 0 unspecified atom stereocenters. The number of carbonyl (C=O) groups excluding carboxylic acids is 2. The van der Waals surface area contributed by atoms with Crippen LogP contribution in [0.4, 0.5) is 11.5 Å². The van der Waals surface area contributed by atoms with Crippen LogP contribution >= 0.6 is 0 Å². The lowest BCUT2D eigenvalue weighted by Gasteiger charge is -2.32. The van der Waals surface area contributed by atoms with E-state index in [1.54, 1.807) is 24.3 Å². The molecule has 1 aromatic heterocycles. The number of rotatable bonds is 11. The number of nitrogens with one attached hydrogen (secondary N) is 1. The van der Waals surface area contributed by atoms with Crippen molar-refractivity contribution >= 4 is 23.3 Å². The van der Waals surface area contributed by atoms with Crippen LogP contribution in [0.15, 0.2) is 60.8 Å². The van der Waals surface area contributed by atoms with Gasteiger partial charge in [-0.25, -0.2) is 9.99 Å². The average molecular weight is 531 g/mol. The van der Waals surface area contributed by atoms with Gasteiger partial charge in [0, 0.05) is 44.1 Å². The smallest absolute Gasteiger partial charge is 0.256 e. The molecule has 0 spiro atoms. The number of likely N-dealkylation sites (N-methyl/N-ethyl adjacent to an activating group) is 1. The maximum Gasteiger partial charge on any atom is 0.256 e. The molecule has 2 amide bonds. The predicted octanol–water partition coefficient (Wildman–Crippen LogP) is 4.78. The van der Waals surface area contributed by atoms with Crippen molar-refractivity contribution < 1.29 is 9.59 Å². The Labute approximate surface area is 232 Å². The molecule has 1 aliphatic rings. The molecule has 8 nitrogen and oxygen atoms in total. The van der Waals surface area contributed by atoms with Gasteiger partial charge < -0.3 is 16.0 Å². The van der Waals surface area contributed by atoms with E-state index in [2.05, 4.69) is 35.4 Å². The number of aromatic nitrogens is 1. The first-order chi connectivity index (χ1) is 18.4. The number of unbranched alkanes of at least 4 members (excludes halogenated alkanes) is 2. The van der Waals surface area contributed by atoms with E-state index in [4.69, 9.17) is 5.73 Å². The van der Waals surface area contributed by atoms with Gasteiger partial charge >= 0.3 is 0 Å². The molecule has 3 N–H and O–H groups in total. The lowest BCUT2D eigenvalue weighted by molar-refractivity contribution is -0.145. The summed E-state index contributed by atoms with van der Waals surface area (Å²) in [6, 6.07) is 18.0. The second-order valence-corrected chi connectivity index (χ2v) is 9.89. The number of hydrazine groups is 1. The maximum atomic E-state index is 13.5. The number of nitrogen functional groups attached to an aromatic ring is 1. The van der Waals surface area contributed by atoms with Gasteiger partial charge in [-0.3, -0.25) is 14.6 Å². The zero-order valence-corrected chi connectivity index (χ0v) is 22.6. The number of aryl methyl sites for hydroxylation is 1. The fourth-order valence-corrected chi connectivity index (χ4v) is 4.77. The number of hydrogen-bond acceptors (Lipinski definition) is 6. The summed E-state index contributed by atoms with van der Waals surface area (Å²) in [5.41, 5.74) is 12.0. The van der Waals surface area contributed by atoms with Crippen LogP contribution in [-0.2, 0) is 22.7 Å². The molecule has 0 saturated carbocycles. The molecular weight excluding hydrogens is 488 g/mol. The predicted molar refractivity (Wildman–Crippen MR) is 159 cm³/mol. The van der Waals surface area contributed by atoms with Crippen molar-refractivity contribution in [1.82, 2.24) is 20.3 Å². The van der Waals surface area contributed by atoms with Gasteiger partial charge in [0.2, 0.25) is 5.91 Å². The van der Waals surface area contributed by atoms with E-state index < -0.39 is 0 Å². The fourth-order valence-electron chi connectivity index (χ4n) is 4.77. The third-order valence-corrected chi connectivity index (χ3v) is 7.03. The van der Waals surface area contributed by atoms with Gasteiger partial charge in [0.25, 0.3) is 5.91 Å². The van der Waals surface area contributed by atoms with E-state index in [9.17, 15) is 9.59 Å². The van der Waals surface area contributed by atoms with Gasteiger partial charge in [-0.15, -0.1) is 0 Å². The van der Waals surface area contributed by atoms with Crippen molar-refractivity contribution in [2.75, 3.05) is 37.3 Å². The molecular formula is C31H42N6O2. The standard InChI is InChI=1S/C30H38N6O2.CH4/c1-4-5-8-15-32-29(37)20-35(21-30(38)34(3)36-18-25-9-6-7-10-26(25)19-36)27-13-11-23(16-22(27)2)24-12-14-28(31)33-17-24;/h6-7,9-14,16-17H,4-5,8,15,18-21H2,1-3H3,(H2,31,33)(H,32,37);1H4. The second kappa shape index (κ2) is 13.8. The highest BCUT2D eigenvalue weighted by Crippen LogP contribution is 2.28. The molecule has 0 atom stereocenters. The lowest BCUT2D eigenvalue weighted by atomic mass is 10.0. The van der Waals surface area contributed by atoms with E-state index in [-0.39, 0.29) is 32.3 Å². The molecule has 8 heteroatoms. The van der Waals surface area contributed by atoms with Gasteiger partial charge in [0.15, 0.2) is 0 Å². The highest BCUT2D eigenvalue weighted by Gasteiger charge is 2.27. The van der Waals surface area contributed by atoms with Crippen molar-refractivity contribution in [3.8, 4) is 11.1 Å². The van der Waals surface area contributed by atoms with Gasteiger partial charge in [-0.1, -0.05) is 57.5 Å². The Hall–Kier alpha value is -3.91. The molecule has 3 aromatic rings. The number of anilines is 2. The van der Waals surface area contributed by atoms with E-state index in [0.29, 0.717) is 25.5 Å². The van der Waals surface area contributed by atoms with Crippen LogP contribution in [0.2, 0.25) is 0 Å². The second-order valence-electron chi connectivity index (χ2n) is 9.89. The van der Waals surface area contributed by atoms with Crippen LogP contribution in [0, 0.1) is 6.92 Å². The van der Waals surface area contributed by atoms with Crippen LogP contribution in [-0.4, -0.2) is 53.5 Å². The molecule has 0 radical (unpaired) electrons. The molecule has 1 aliphatic heterocycles. The lowest BCUT2D eigenvalue weighted by Crippen LogP contribution is -2.48. The number of nitrogens with zero attached hydrogens (tertiary/aromatic N) is 4. The normalized spacial score (nSPS) is 12.4. The summed E-state index contributed by atoms with van der Waals surface area (Å²) < 4.78 is 0. The van der Waals surface area contributed by atoms with E-state index in [1.165, 1.54) is 11.1 Å². The van der Waals surface area contributed by atoms with Crippen molar-refractivity contribution in [2.45, 2.75) is 53.6 Å². The molecule has 2 aromatic carbocycles. The van der Waals surface area contributed by atoms with Crippen LogP contribution in [0.1, 0.15) is 50.3 Å². The third-order valence-electron chi connectivity index (χ3n) is 7.03. The largest absolute Gasteiger partial charge is 0.384 e. The van der Waals surface area contributed by atoms with E-state index in [1.807, 2.05) is 47.2 Å². The van der Waals surface area contributed by atoms with Crippen LogP contribution in [0.5, 0.6) is 0 Å². The molecule has 208 valence electrons. The number of fused-ring (bicyclic) bond motifs is 1. The van der Waals surface area contributed by atoms with Gasteiger partial charge in [0.05, 0.1) is 13.1 Å². The maximum absolute atomic E-state index is 13.5. The number of benzene rings is 2. The molecule has 2 heterocycles. The molecule has 39 heavy (non-hydrogen) atoms. The molecule has 4 rings (SSSR count). The Morgan fingerprint density at radius 1 is 1.00 bits per heavy atom. The Morgan fingerprint density at radius 3 is 2.31 bits per heavy atom. The van der Waals surface area contributed by atoms with Crippen LogP contribution < -0.4 is 16.0 Å². The van der Waals surface area contributed by atoms with Crippen LogP contribution in [0.3, 0.4) is 0 Å². The first kappa shape index (κ1) is 29.6. The van der Waals surface area contributed by atoms with Crippen molar-refractivity contribution in [3.63, 3.8) is 0 Å².